The molecule has 0 bridgehead atoms. The van der Waals surface area contributed by atoms with Crippen LogP contribution in [0.4, 0.5) is 0 Å². The number of benzene rings is 1. The van der Waals surface area contributed by atoms with Gasteiger partial charge in [-0.2, -0.15) is 0 Å². The number of rotatable bonds is 8. The molecule has 0 aliphatic carbocycles. The molecule has 6 heteroatoms. The van der Waals surface area contributed by atoms with Gasteiger partial charge >= 0.3 is 5.97 Å². The average Bonchev–Trinajstić information content (AvgIpc) is 2.95. The van der Waals surface area contributed by atoms with Crippen LogP contribution in [0, 0.1) is 0 Å². The van der Waals surface area contributed by atoms with Gasteiger partial charge in [0.1, 0.15) is 0 Å². The molecule has 23 heavy (non-hydrogen) atoms. The summed E-state index contributed by atoms with van der Waals surface area (Å²) in [6, 6.07) is 8.08. The molecule has 0 saturated carbocycles. The zero-order valence-electron chi connectivity index (χ0n) is 13.5. The Morgan fingerprint density at radius 3 is 2.87 bits per heavy atom. The number of aryl methyl sites for hydroxylation is 1. The summed E-state index contributed by atoms with van der Waals surface area (Å²) in [5.74, 6) is -0.593. The summed E-state index contributed by atoms with van der Waals surface area (Å²) in [5.41, 5.74) is 0.997. The van der Waals surface area contributed by atoms with Crippen LogP contribution in [0.2, 0.25) is 0 Å². The maximum Gasteiger partial charge on any atom is 0.306 e. The Hall–Kier alpha value is -1.95. The minimum atomic E-state index is -0.342. The van der Waals surface area contributed by atoms with Crippen LogP contribution in [0.3, 0.4) is 0 Å². The molecule has 0 fully saturated rings. The van der Waals surface area contributed by atoms with Gasteiger partial charge in [0.05, 0.1) is 15.2 Å². The van der Waals surface area contributed by atoms with E-state index in [2.05, 4.69) is 10.3 Å². The van der Waals surface area contributed by atoms with E-state index in [1.165, 1.54) is 0 Å². The van der Waals surface area contributed by atoms with Gasteiger partial charge in [-0.3, -0.25) is 9.59 Å². The summed E-state index contributed by atoms with van der Waals surface area (Å²) in [6.45, 7) is 3.70. The van der Waals surface area contributed by atoms with Gasteiger partial charge in [-0.25, -0.2) is 4.98 Å². The third kappa shape index (κ3) is 5.63. The highest BCUT2D eigenvalue weighted by molar-refractivity contribution is 7.18. The van der Waals surface area contributed by atoms with Crippen molar-refractivity contribution in [1.29, 1.82) is 0 Å². The SMILES string of the molecule is CC[C@@H](C)NC(=O)COC(=O)CCCc1nc2ccccc2s1. The second kappa shape index (κ2) is 8.62. The summed E-state index contributed by atoms with van der Waals surface area (Å²) < 4.78 is 6.14. The number of hydrogen-bond acceptors (Lipinski definition) is 5. The van der Waals surface area contributed by atoms with Gasteiger partial charge in [0.25, 0.3) is 5.91 Å². The van der Waals surface area contributed by atoms with Crippen molar-refractivity contribution in [2.24, 2.45) is 0 Å². The van der Waals surface area contributed by atoms with Gasteiger partial charge in [0, 0.05) is 12.5 Å². The van der Waals surface area contributed by atoms with Gasteiger partial charge in [-0.1, -0.05) is 19.1 Å². The zero-order valence-corrected chi connectivity index (χ0v) is 14.3. The lowest BCUT2D eigenvalue weighted by Crippen LogP contribution is -2.35. The molecule has 2 aromatic rings. The Morgan fingerprint density at radius 1 is 1.35 bits per heavy atom. The van der Waals surface area contributed by atoms with Crippen LogP contribution in [0.15, 0.2) is 24.3 Å². The smallest absolute Gasteiger partial charge is 0.306 e. The van der Waals surface area contributed by atoms with E-state index in [9.17, 15) is 9.59 Å². The highest BCUT2D eigenvalue weighted by atomic mass is 32.1. The predicted molar refractivity (Wildman–Crippen MR) is 91.4 cm³/mol. The molecule has 1 N–H and O–H groups in total. The number of carbonyl (C=O) groups excluding carboxylic acids is 2. The van der Waals surface area contributed by atoms with Gasteiger partial charge in [-0.15, -0.1) is 11.3 Å². The normalized spacial score (nSPS) is 12.1. The number of nitrogens with one attached hydrogen (secondary N) is 1. The summed E-state index contributed by atoms with van der Waals surface area (Å²) in [7, 11) is 0. The standard InChI is InChI=1S/C17H22N2O3S/c1-3-12(2)18-15(20)11-22-17(21)10-6-9-16-19-13-7-4-5-8-14(13)23-16/h4-5,7-8,12H,3,6,9-11H2,1-2H3,(H,18,20)/t12-/m1/s1. The molecular formula is C17H22N2O3S. The number of nitrogens with zero attached hydrogens (tertiary/aromatic N) is 1. The number of thiazole rings is 1. The number of amides is 1. The van der Waals surface area contributed by atoms with Crippen LogP contribution in [-0.4, -0.2) is 29.5 Å². The Kier molecular flexibility index (Phi) is 6.52. The molecule has 5 nitrogen and oxygen atoms in total. The fourth-order valence-corrected chi connectivity index (χ4v) is 3.06. The van der Waals surface area contributed by atoms with Gasteiger partial charge in [0.2, 0.25) is 0 Å². The molecule has 0 radical (unpaired) electrons. The van der Waals surface area contributed by atoms with Crippen molar-refractivity contribution in [3.05, 3.63) is 29.3 Å². The van der Waals surface area contributed by atoms with E-state index in [1.54, 1.807) is 11.3 Å². The Morgan fingerprint density at radius 2 is 2.13 bits per heavy atom. The third-order valence-electron chi connectivity index (χ3n) is 3.49. The van der Waals surface area contributed by atoms with E-state index in [-0.39, 0.29) is 24.5 Å². The Labute approximate surface area is 140 Å². The van der Waals surface area contributed by atoms with Crippen LogP contribution in [-0.2, 0) is 20.7 Å². The summed E-state index contributed by atoms with van der Waals surface area (Å²) in [6.07, 6.45) is 2.56. The minimum absolute atomic E-state index is 0.0974. The molecular weight excluding hydrogens is 312 g/mol. The van der Waals surface area contributed by atoms with Crippen LogP contribution in [0.25, 0.3) is 10.2 Å². The minimum Gasteiger partial charge on any atom is -0.456 e. The average molecular weight is 334 g/mol. The summed E-state index contributed by atoms with van der Waals surface area (Å²) >= 11 is 1.65. The predicted octanol–water partition coefficient (Wildman–Crippen LogP) is 3.08. The largest absolute Gasteiger partial charge is 0.456 e. The van der Waals surface area contributed by atoms with Crippen LogP contribution in [0.5, 0.6) is 0 Å². The highest BCUT2D eigenvalue weighted by Crippen LogP contribution is 2.22. The summed E-state index contributed by atoms with van der Waals surface area (Å²) in [5, 5.41) is 3.78. The molecule has 2 rings (SSSR count). The molecule has 0 aliphatic rings. The first-order chi connectivity index (χ1) is 11.1. The number of fused-ring (bicyclic) bond motifs is 1. The van der Waals surface area contributed by atoms with Crippen LogP contribution >= 0.6 is 11.3 Å². The second-order valence-electron chi connectivity index (χ2n) is 5.47. The first-order valence-electron chi connectivity index (χ1n) is 7.88. The number of carbonyl (C=O) groups is 2. The molecule has 1 heterocycles. The van der Waals surface area contributed by atoms with Crippen molar-refractivity contribution < 1.29 is 14.3 Å². The maximum absolute atomic E-state index is 11.6. The number of esters is 1. The topological polar surface area (TPSA) is 68.3 Å². The third-order valence-corrected chi connectivity index (χ3v) is 4.59. The monoisotopic (exact) mass is 334 g/mol. The van der Waals surface area contributed by atoms with Gasteiger partial charge in [0.15, 0.2) is 6.61 Å². The number of aromatic nitrogens is 1. The maximum atomic E-state index is 11.6. The van der Waals surface area contributed by atoms with E-state index in [0.29, 0.717) is 12.8 Å². The molecule has 0 unspecified atom stereocenters. The molecule has 124 valence electrons. The highest BCUT2D eigenvalue weighted by Gasteiger charge is 2.10. The van der Waals surface area contributed by atoms with Gasteiger partial charge in [-0.05, 0) is 38.3 Å². The van der Waals surface area contributed by atoms with E-state index in [1.807, 2.05) is 38.1 Å². The first kappa shape index (κ1) is 17.4. The zero-order chi connectivity index (χ0) is 16.7. The summed E-state index contributed by atoms with van der Waals surface area (Å²) in [4.78, 5) is 27.7. The quantitative estimate of drug-likeness (QED) is 0.753. The van der Waals surface area contributed by atoms with Crippen LogP contribution < -0.4 is 5.32 Å². The number of ether oxygens (including phenoxy) is 1. The van der Waals surface area contributed by atoms with E-state index in [0.717, 1.165) is 28.1 Å². The van der Waals surface area contributed by atoms with Crippen molar-refractivity contribution in [3.8, 4) is 0 Å². The first-order valence-corrected chi connectivity index (χ1v) is 8.69. The van der Waals surface area contributed by atoms with Crippen molar-refractivity contribution in [2.75, 3.05) is 6.61 Å². The van der Waals surface area contributed by atoms with Gasteiger partial charge < -0.3 is 10.1 Å². The Balaban J connectivity index is 1.67. The second-order valence-corrected chi connectivity index (χ2v) is 6.58. The lowest BCUT2D eigenvalue weighted by Gasteiger charge is -2.11. The van der Waals surface area contributed by atoms with Crippen LogP contribution in [0.1, 0.15) is 38.1 Å². The Bertz CT molecular complexity index is 636. The van der Waals surface area contributed by atoms with E-state index < -0.39 is 0 Å². The van der Waals surface area contributed by atoms with Crippen molar-refractivity contribution >= 4 is 33.4 Å². The fraction of sp³-hybridized carbons (Fsp3) is 0.471. The van der Waals surface area contributed by atoms with Crippen molar-refractivity contribution in [2.45, 2.75) is 45.6 Å². The van der Waals surface area contributed by atoms with Crippen molar-refractivity contribution in [1.82, 2.24) is 10.3 Å². The number of para-hydroxylation sites is 1. The van der Waals surface area contributed by atoms with E-state index in [4.69, 9.17) is 4.74 Å². The molecule has 1 amide bonds. The molecule has 0 spiro atoms. The van der Waals surface area contributed by atoms with Crippen molar-refractivity contribution in [3.63, 3.8) is 0 Å². The lowest BCUT2D eigenvalue weighted by molar-refractivity contribution is -0.148. The molecule has 1 aromatic carbocycles. The molecule has 1 atom stereocenters. The molecule has 0 saturated heterocycles. The fourth-order valence-electron chi connectivity index (χ4n) is 2.05. The lowest BCUT2D eigenvalue weighted by atomic mass is 10.2. The number of hydrogen-bond donors (Lipinski definition) is 1. The molecule has 1 aromatic heterocycles. The molecule has 0 aliphatic heterocycles. The van der Waals surface area contributed by atoms with E-state index >= 15 is 0 Å².